The molecule has 1 amide bonds. The molecule has 0 aliphatic heterocycles. The second kappa shape index (κ2) is 9.57. The van der Waals surface area contributed by atoms with E-state index in [1.54, 1.807) is 6.92 Å². The highest BCUT2D eigenvalue weighted by Crippen LogP contribution is 2.28. The van der Waals surface area contributed by atoms with E-state index in [1.165, 1.54) is 61.1 Å². The normalized spacial score (nSPS) is 12.0. The lowest BCUT2D eigenvalue weighted by Crippen LogP contribution is -2.40. The van der Waals surface area contributed by atoms with Crippen molar-refractivity contribution in [3.8, 4) is 17.6 Å². The molecule has 0 fully saturated rings. The van der Waals surface area contributed by atoms with Gasteiger partial charge in [0, 0.05) is 12.1 Å². The van der Waals surface area contributed by atoms with Crippen LogP contribution in [0.3, 0.4) is 0 Å². The molecule has 0 saturated carbocycles. The number of ether oxygens (including phenoxy) is 1. The molecule has 0 spiro atoms. The minimum Gasteiger partial charge on any atom is -0.481 e. The molecule has 9 heteroatoms. The number of nitrogens with one attached hydrogen (secondary N) is 1. The molecule has 1 unspecified atom stereocenters. The summed E-state index contributed by atoms with van der Waals surface area (Å²) in [5.41, 5.74) is 1.86. The zero-order chi connectivity index (χ0) is 20.7. The van der Waals surface area contributed by atoms with Gasteiger partial charge in [-0.15, -0.1) is 5.92 Å². The van der Waals surface area contributed by atoms with E-state index in [9.17, 15) is 13.2 Å². The molecule has 2 aromatic carbocycles. The first-order chi connectivity index (χ1) is 13.3. The van der Waals surface area contributed by atoms with Crippen LogP contribution in [-0.4, -0.2) is 37.5 Å². The van der Waals surface area contributed by atoms with Gasteiger partial charge in [-0.3, -0.25) is 10.0 Å². The van der Waals surface area contributed by atoms with Gasteiger partial charge in [-0.1, -0.05) is 29.7 Å². The number of nitrogens with zero attached hydrogens (tertiary/aromatic N) is 1. The summed E-state index contributed by atoms with van der Waals surface area (Å²) >= 11 is 5.85. The van der Waals surface area contributed by atoms with Crippen molar-refractivity contribution in [1.29, 1.82) is 0 Å². The highest BCUT2D eigenvalue weighted by Gasteiger charge is 2.34. The first-order valence-corrected chi connectivity index (χ1v) is 9.93. The number of hydroxylamine groups is 1. The van der Waals surface area contributed by atoms with Crippen molar-refractivity contribution < 1.29 is 23.2 Å². The minimum atomic E-state index is -4.05. The molecule has 0 heterocycles. The lowest BCUT2D eigenvalue weighted by atomic mass is 10.1. The number of amides is 1. The molecule has 2 aromatic rings. The first kappa shape index (κ1) is 21.7. The monoisotopic (exact) mass is 422 g/mol. The number of benzene rings is 2. The summed E-state index contributed by atoms with van der Waals surface area (Å²) < 4.78 is 32.2. The Hall–Kier alpha value is -2.57. The molecule has 1 atom stereocenters. The quantitative estimate of drug-likeness (QED) is 0.406. The Bertz CT molecular complexity index is 980. The summed E-state index contributed by atoms with van der Waals surface area (Å²) in [5, 5.41) is 9.50. The Balaban J connectivity index is 2.33. The second-order valence-corrected chi connectivity index (χ2v) is 8.07. The zero-order valence-corrected chi connectivity index (χ0v) is 16.8. The van der Waals surface area contributed by atoms with Gasteiger partial charge in [0.15, 0.2) is 0 Å². The van der Waals surface area contributed by atoms with Gasteiger partial charge in [0.2, 0.25) is 10.0 Å². The molecule has 0 aromatic heterocycles. The van der Waals surface area contributed by atoms with E-state index in [4.69, 9.17) is 21.5 Å². The second-order valence-electron chi connectivity index (χ2n) is 5.64. The molecular formula is C19H19ClN2O5S. The minimum absolute atomic E-state index is 0.0337. The van der Waals surface area contributed by atoms with E-state index in [2.05, 4.69) is 11.8 Å². The molecule has 0 saturated heterocycles. The van der Waals surface area contributed by atoms with Gasteiger partial charge in [0.1, 0.15) is 18.4 Å². The van der Waals surface area contributed by atoms with Gasteiger partial charge in [-0.05, 0) is 48.9 Å². The summed E-state index contributed by atoms with van der Waals surface area (Å²) in [6.45, 7) is 1.88. The van der Waals surface area contributed by atoms with Gasteiger partial charge < -0.3 is 4.74 Å². The van der Waals surface area contributed by atoms with Crippen LogP contribution in [0.15, 0.2) is 53.4 Å². The number of hydrogen-bond donors (Lipinski definition) is 2. The maximum atomic E-state index is 13.0. The number of sulfonamides is 1. The van der Waals surface area contributed by atoms with Crippen molar-refractivity contribution in [2.75, 3.05) is 13.7 Å². The van der Waals surface area contributed by atoms with Gasteiger partial charge in [0.05, 0.1) is 4.90 Å². The van der Waals surface area contributed by atoms with Gasteiger partial charge in [-0.2, -0.15) is 4.31 Å². The van der Waals surface area contributed by atoms with E-state index < -0.39 is 22.0 Å². The smallest absolute Gasteiger partial charge is 0.266 e. The molecule has 0 aliphatic carbocycles. The fourth-order valence-corrected chi connectivity index (χ4v) is 3.87. The number of carbonyl (C=O) groups excluding carboxylic acids is 1. The maximum absolute atomic E-state index is 13.0. The molecule has 2 rings (SSSR count). The van der Waals surface area contributed by atoms with Gasteiger partial charge in [0.25, 0.3) is 5.91 Å². The van der Waals surface area contributed by atoms with Crippen LogP contribution in [-0.2, 0) is 14.8 Å². The molecular weight excluding hydrogens is 404 g/mol. The molecule has 0 aliphatic rings. The Labute approximate surface area is 168 Å². The fraction of sp³-hybridized carbons (Fsp3) is 0.211. The third kappa shape index (κ3) is 5.03. The van der Waals surface area contributed by atoms with Crippen LogP contribution in [0.5, 0.6) is 5.75 Å². The largest absolute Gasteiger partial charge is 0.481 e. The van der Waals surface area contributed by atoms with Crippen molar-refractivity contribution in [3.05, 3.63) is 59.1 Å². The van der Waals surface area contributed by atoms with E-state index in [-0.39, 0.29) is 11.5 Å². The summed E-state index contributed by atoms with van der Waals surface area (Å²) in [7, 11) is -2.79. The summed E-state index contributed by atoms with van der Waals surface area (Å²) in [6, 6.07) is 10.5. The van der Waals surface area contributed by atoms with Crippen molar-refractivity contribution >= 4 is 27.5 Å². The van der Waals surface area contributed by atoms with Gasteiger partial charge in [-0.25, -0.2) is 13.9 Å². The van der Waals surface area contributed by atoms with Crippen molar-refractivity contribution in [3.63, 3.8) is 0 Å². The third-order valence-electron chi connectivity index (χ3n) is 3.90. The summed E-state index contributed by atoms with van der Waals surface area (Å²) in [6.07, 6.45) is 0. The predicted molar refractivity (Wildman–Crippen MR) is 104 cm³/mol. The Morgan fingerprint density at radius 1 is 1.21 bits per heavy atom. The Kier molecular flexibility index (Phi) is 7.43. The first-order valence-electron chi connectivity index (χ1n) is 8.11. The SMILES string of the molecule is CC#CCOc1ccc(S(=O)(=O)N(C)C(C(=O)NO)c2ccc(Cl)cc2)cc1. The third-order valence-corrected chi connectivity index (χ3v) is 5.99. The highest BCUT2D eigenvalue weighted by atomic mass is 35.5. The van der Waals surface area contributed by atoms with Crippen LogP contribution in [0, 0.1) is 11.8 Å². The molecule has 148 valence electrons. The van der Waals surface area contributed by atoms with E-state index >= 15 is 0 Å². The Morgan fingerprint density at radius 3 is 2.36 bits per heavy atom. The number of halogens is 1. The highest BCUT2D eigenvalue weighted by molar-refractivity contribution is 7.89. The van der Waals surface area contributed by atoms with Crippen LogP contribution >= 0.6 is 11.6 Å². The number of likely N-dealkylation sites (N-methyl/N-ethyl adjacent to an activating group) is 1. The average Bonchev–Trinajstić information content (AvgIpc) is 2.70. The number of hydrogen-bond acceptors (Lipinski definition) is 5. The van der Waals surface area contributed by atoms with Crippen LogP contribution in [0.2, 0.25) is 5.02 Å². The maximum Gasteiger partial charge on any atom is 0.266 e. The standard InChI is InChI=1S/C19H19ClN2O5S/c1-3-4-13-27-16-9-11-17(12-10-16)28(25,26)22(2)18(19(23)21-24)14-5-7-15(20)8-6-14/h5-12,18,24H,13H2,1-2H3,(H,21,23). The molecule has 7 nitrogen and oxygen atoms in total. The molecule has 0 bridgehead atoms. The van der Waals surface area contributed by atoms with Crippen LogP contribution in [0.1, 0.15) is 18.5 Å². The number of carbonyl (C=O) groups is 1. The van der Waals surface area contributed by atoms with Gasteiger partial charge >= 0.3 is 0 Å². The fourth-order valence-electron chi connectivity index (χ4n) is 2.44. The van der Waals surface area contributed by atoms with Crippen molar-refractivity contribution in [1.82, 2.24) is 9.79 Å². The predicted octanol–water partition coefficient (Wildman–Crippen LogP) is 2.61. The van der Waals surface area contributed by atoms with Crippen molar-refractivity contribution in [2.45, 2.75) is 17.9 Å². The summed E-state index contributed by atoms with van der Waals surface area (Å²) in [4.78, 5) is 12.2. The lowest BCUT2D eigenvalue weighted by Gasteiger charge is -2.26. The topological polar surface area (TPSA) is 95.9 Å². The van der Waals surface area contributed by atoms with E-state index in [0.717, 1.165) is 4.31 Å². The van der Waals surface area contributed by atoms with Crippen LogP contribution < -0.4 is 10.2 Å². The zero-order valence-electron chi connectivity index (χ0n) is 15.2. The van der Waals surface area contributed by atoms with E-state index in [0.29, 0.717) is 16.3 Å². The number of rotatable bonds is 7. The summed E-state index contributed by atoms with van der Waals surface area (Å²) in [5.74, 6) is 5.00. The Morgan fingerprint density at radius 2 is 1.82 bits per heavy atom. The van der Waals surface area contributed by atoms with Crippen LogP contribution in [0.25, 0.3) is 0 Å². The molecule has 2 N–H and O–H groups in total. The lowest BCUT2D eigenvalue weighted by molar-refractivity contribution is -0.133. The average molecular weight is 423 g/mol. The van der Waals surface area contributed by atoms with Crippen LogP contribution in [0.4, 0.5) is 0 Å². The van der Waals surface area contributed by atoms with Crippen molar-refractivity contribution in [2.24, 2.45) is 0 Å². The molecule has 0 radical (unpaired) electrons. The van der Waals surface area contributed by atoms with E-state index in [1.807, 2.05) is 0 Å². The molecule has 28 heavy (non-hydrogen) atoms.